The molecule has 77 heavy (non-hydrogen) atoms. The summed E-state index contributed by atoms with van der Waals surface area (Å²) >= 11 is 0. The summed E-state index contributed by atoms with van der Waals surface area (Å²) in [6.07, 6.45) is 88.0. The topological polar surface area (TPSA) is 78.9 Å². The van der Waals surface area contributed by atoms with Crippen LogP contribution < -0.4 is 0 Å². The smallest absolute Gasteiger partial charge is 0.306 e. The van der Waals surface area contributed by atoms with Crippen LogP contribution in [-0.2, 0) is 28.6 Å². The summed E-state index contributed by atoms with van der Waals surface area (Å²) in [7, 11) is 0. The van der Waals surface area contributed by atoms with Crippen molar-refractivity contribution in [3.63, 3.8) is 0 Å². The van der Waals surface area contributed by atoms with E-state index in [1.807, 2.05) is 0 Å². The lowest BCUT2D eigenvalue weighted by Gasteiger charge is -2.18. The predicted molar refractivity (Wildman–Crippen MR) is 334 cm³/mol. The Hall–Kier alpha value is -3.93. The largest absolute Gasteiger partial charge is 0.462 e. The highest BCUT2D eigenvalue weighted by Gasteiger charge is 2.19. The number of hydrogen-bond acceptors (Lipinski definition) is 6. The number of ether oxygens (including phenoxy) is 3. The van der Waals surface area contributed by atoms with E-state index in [2.05, 4.69) is 130 Å². The number of hydrogen-bond donors (Lipinski definition) is 0. The van der Waals surface area contributed by atoms with Crippen LogP contribution in [0.1, 0.15) is 303 Å². The molecule has 6 heteroatoms. The van der Waals surface area contributed by atoms with Crippen LogP contribution in [-0.4, -0.2) is 37.2 Å². The van der Waals surface area contributed by atoms with Gasteiger partial charge in [0, 0.05) is 19.3 Å². The maximum absolute atomic E-state index is 12.9. The Labute approximate surface area is 476 Å². The monoisotopic (exact) mass is 1070 g/mol. The van der Waals surface area contributed by atoms with Crippen molar-refractivity contribution >= 4 is 17.9 Å². The van der Waals surface area contributed by atoms with E-state index in [0.717, 1.165) is 122 Å². The summed E-state index contributed by atoms with van der Waals surface area (Å²) in [5, 5.41) is 0. The molecule has 0 aliphatic rings. The minimum Gasteiger partial charge on any atom is -0.462 e. The number of carbonyl (C=O) groups is 3. The minimum atomic E-state index is -0.794. The quantitative estimate of drug-likeness (QED) is 0.0261. The molecule has 440 valence electrons. The van der Waals surface area contributed by atoms with E-state index in [9.17, 15) is 14.4 Å². The first-order valence-electron chi connectivity index (χ1n) is 32.4. The lowest BCUT2D eigenvalue weighted by molar-refractivity contribution is -0.167. The molecule has 1 atom stereocenters. The molecule has 0 spiro atoms. The molecule has 0 rings (SSSR count). The van der Waals surface area contributed by atoms with Crippen LogP contribution in [0.15, 0.2) is 109 Å². The minimum absolute atomic E-state index is 0.0892. The summed E-state index contributed by atoms with van der Waals surface area (Å²) in [5.74, 6) is -0.911. The van der Waals surface area contributed by atoms with Crippen LogP contribution >= 0.6 is 0 Å². The van der Waals surface area contributed by atoms with Crippen LogP contribution in [0, 0.1) is 0 Å². The molecule has 0 aromatic carbocycles. The Morgan fingerprint density at radius 2 is 0.506 bits per heavy atom. The highest BCUT2D eigenvalue weighted by molar-refractivity contribution is 5.71. The summed E-state index contributed by atoms with van der Waals surface area (Å²) in [4.78, 5) is 38.4. The summed E-state index contributed by atoms with van der Waals surface area (Å²) in [6, 6.07) is 0. The summed E-state index contributed by atoms with van der Waals surface area (Å²) in [6.45, 7) is 6.41. The molecule has 0 bridgehead atoms. The lowest BCUT2D eigenvalue weighted by Crippen LogP contribution is -2.30. The van der Waals surface area contributed by atoms with Crippen LogP contribution in [0.2, 0.25) is 0 Å². The van der Waals surface area contributed by atoms with Gasteiger partial charge in [0.25, 0.3) is 0 Å². The predicted octanol–water partition coefficient (Wildman–Crippen LogP) is 22.2. The maximum Gasteiger partial charge on any atom is 0.306 e. The normalized spacial score (nSPS) is 12.8. The molecule has 0 saturated carbocycles. The first kappa shape index (κ1) is 73.1. The van der Waals surface area contributed by atoms with E-state index in [1.54, 1.807) is 0 Å². The van der Waals surface area contributed by atoms with Gasteiger partial charge in [0.15, 0.2) is 6.10 Å². The van der Waals surface area contributed by atoms with Gasteiger partial charge < -0.3 is 14.2 Å². The zero-order chi connectivity index (χ0) is 55.7. The average Bonchev–Trinajstić information content (AvgIpc) is 3.43. The second kappa shape index (κ2) is 64.6. The van der Waals surface area contributed by atoms with E-state index < -0.39 is 6.10 Å². The van der Waals surface area contributed by atoms with Crippen LogP contribution in [0.4, 0.5) is 0 Å². The molecule has 0 saturated heterocycles. The van der Waals surface area contributed by atoms with Gasteiger partial charge in [0.1, 0.15) is 13.2 Å². The number of esters is 3. The van der Waals surface area contributed by atoms with Crippen LogP contribution in [0.25, 0.3) is 0 Å². The van der Waals surface area contributed by atoms with Gasteiger partial charge >= 0.3 is 17.9 Å². The van der Waals surface area contributed by atoms with Gasteiger partial charge in [-0.25, -0.2) is 0 Å². The van der Waals surface area contributed by atoms with Crippen molar-refractivity contribution in [2.45, 2.75) is 309 Å². The number of carbonyl (C=O) groups excluding carboxylic acids is 3. The Kier molecular flexibility index (Phi) is 61.3. The van der Waals surface area contributed by atoms with E-state index in [0.29, 0.717) is 19.3 Å². The van der Waals surface area contributed by atoms with Gasteiger partial charge in [-0.3, -0.25) is 14.4 Å². The third-order valence-electron chi connectivity index (χ3n) is 13.7. The van der Waals surface area contributed by atoms with Crippen molar-refractivity contribution in [2.24, 2.45) is 0 Å². The van der Waals surface area contributed by atoms with Crippen molar-refractivity contribution in [3.05, 3.63) is 109 Å². The van der Waals surface area contributed by atoms with Crippen LogP contribution in [0.5, 0.6) is 0 Å². The molecule has 6 nitrogen and oxygen atoms in total. The standard InChI is InChI=1S/C71H120O6/c1-4-7-10-13-16-19-22-25-28-31-33-34-35-36-38-40-43-46-49-52-55-58-61-64-70(73)76-67-68(66-75-69(72)63-60-57-54-51-48-45-42-39-30-27-24-21-18-15-12-9-6-3)77-71(74)65-62-59-56-53-50-47-44-41-37-32-29-26-23-20-17-14-11-8-5-2/h7,9-10,12,16,18-19,21,25-30,33-34,42,45,68H,4-6,8,11,13-15,17,20,22-24,31-32,35-41,43-44,46-67H2,1-3H3/b10-7-,12-9-,19-16-,21-18-,28-25-,29-26-,30-27-,34-33-,45-42-. The average molecular weight is 1070 g/mol. The number of rotatable bonds is 58. The van der Waals surface area contributed by atoms with Gasteiger partial charge in [0.2, 0.25) is 0 Å². The van der Waals surface area contributed by atoms with E-state index in [1.165, 1.54) is 141 Å². The summed E-state index contributed by atoms with van der Waals surface area (Å²) < 4.78 is 16.9. The molecule has 0 aromatic heterocycles. The molecule has 0 aliphatic carbocycles. The molecule has 0 heterocycles. The molecule has 0 aliphatic heterocycles. The fourth-order valence-electron chi connectivity index (χ4n) is 8.95. The van der Waals surface area contributed by atoms with Gasteiger partial charge in [-0.15, -0.1) is 0 Å². The molecule has 0 radical (unpaired) electrons. The SMILES string of the molecule is CC/C=C\C/C=C\C/C=C\C/C=C\CCCCCCCCCCCCC(=O)OCC(COC(=O)CCCCCC/C=C\C/C=C\C/C=C\C/C=C\CC)OC(=O)CCCCCCCCCCC/C=C\CCCCCCCC. The van der Waals surface area contributed by atoms with Gasteiger partial charge in [-0.2, -0.15) is 0 Å². The second-order valence-corrected chi connectivity index (χ2v) is 21.3. The molecular weight excluding hydrogens is 949 g/mol. The first-order chi connectivity index (χ1) is 38.0. The van der Waals surface area contributed by atoms with Crippen molar-refractivity contribution < 1.29 is 28.6 Å². The molecular formula is C71H120O6. The van der Waals surface area contributed by atoms with Crippen molar-refractivity contribution in [1.82, 2.24) is 0 Å². The third kappa shape index (κ3) is 62.8. The van der Waals surface area contributed by atoms with Gasteiger partial charge in [0.05, 0.1) is 0 Å². The zero-order valence-electron chi connectivity index (χ0n) is 50.4. The van der Waals surface area contributed by atoms with Crippen molar-refractivity contribution in [2.75, 3.05) is 13.2 Å². The molecule has 0 fully saturated rings. The van der Waals surface area contributed by atoms with Crippen molar-refractivity contribution in [3.8, 4) is 0 Å². The molecule has 1 unspecified atom stereocenters. The Balaban J connectivity index is 4.41. The van der Waals surface area contributed by atoms with E-state index >= 15 is 0 Å². The van der Waals surface area contributed by atoms with Gasteiger partial charge in [-0.05, 0) is 122 Å². The second-order valence-electron chi connectivity index (χ2n) is 21.3. The maximum atomic E-state index is 12.9. The highest BCUT2D eigenvalue weighted by Crippen LogP contribution is 2.16. The Morgan fingerprint density at radius 3 is 0.805 bits per heavy atom. The van der Waals surface area contributed by atoms with E-state index in [4.69, 9.17) is 14.2 Å². The number of unbranched alkanes of at least 4 members (excludes halogenated alkanes) is 29. The highest BCUT2D eigenvalue weighted by atomic mass is 16.6. The molecule has 0 aromatic rings. The first-order valence-corrected chi connectivity index (χ1v) is 32.4. The fraction of sp³-hybridized carbons (Fsp3) is 0.704. The third-order valence-corrected chi connectivity index (χ3v) is 13.7. The van der Waals surface area contributed by atoms with E-state index in [-0.39, 0.29) is 31.1 Å². The Morgan fingerprint density at radius 1 is 0.273 bits per heavy atom. The van der Waals surface area contributed by atoms with Crippen molar-refractivity contribution in [1.29, 1.82) is 0 Å². The molecule has 0 amide bonds. The lowest BCUT2D eigenvalue weighted by atomic mass is 10.0. The fourth-order valence-corrected chi connectivity index (χ4v) is 8.95. The summed E-state index contributed by atoms with van der Waals surface area (Å²) in [5.41, 5.74) is 0. The Bertz CT molecular complexity index is 1560. The van der Waals surface area contributed by atoms with Gasteiger partial charge in [-0.1, -0.05) is 271 Å². The molecule has 0 N–H and O–H groups in total. The van der Waals surface area contributed by atoms with Crippen LogP contribution in [0.3, 0.4) is 0 Å². The zero-order valence-corrected chi connectivity index (χ0v) is 50.4. The number of allylic oxidation sites excluding steroid dienone is 18.